The maximum atomic E-state index is 6.35. The van der Waals surface area contributed by atoms with Crippen LogP contribution in [0.2, 0.25) is 5.15 Å². The second-order valence-electron chi connectivity index (χ2n) is 6.24. The first kappa shape index (κ1) is 17.4. The Bertz CT molecular complexity index is 911. The zero-order valence-corrected chi connectivity index (χ0v) is 15.5. The smallest absolute Gasteiger partial charge is 0.159 e. The van der Waals surface area contributed by atoms with Gasteiger partial charge in [-0.25, -0.2) is 15.0 Å². The van der Waals surface area contributed by atoms with Crippen molar-refractivity contribution in [3.8, 4) is 0 Å². The number of benzene rings is 1. The number of pyridine rings is 1. The van der Waals surface area contributed by atoms with Crippen LogP contribution in [0.1, 0.15) is 0 Å². The van der Waals surface area contributed by atoms with Crippen LogP contribution in [0.4, 0.5) is 28.7 Å². The van der Waals surface area contributed by atoms with Crippen molar-refractivity contribution in [2.45, 2.75) is 0 Å². The van der Waals surface area contributed by atoms with E-state index in [9.17, 15) is 0 Å². The molecule has 1 fully saturated rings. The van der Waals surface area contributed by atoms with Gasteiger partial charge in [-0.15, -0.1) is 0 Å². The highest BCUT2D eigenvalue weighted by molar-refractivity contribution is 6.32. The van der Waals surface area contributed by atoms with E-state index in [2.05, 4.69) is 54.3 Å². The molecule has 0 unspecified atom stereocenters. The molecular formula is C19H20ClN7. The highest BCUT2D eigenvalue weighted by atomic mass is 35.5. The summed E-state index contributed by atoms with van der Waals surface area (Å²) in [6.07, 6.45) is 3.15. The summed E-state index contributed by atoms with van der Waals surface area (Å²) < 4.78 is 0. The number of hydrogen-bond donors (Lipinski definition) is 2. The Balaban J connectivity index is 1.49. The molecule has 3 aromatic rings. The summed E-state index contributed by atoms with van der Waals surface area (Å²) in [5.74, 6) is 1.26. The molecule has 7 nitrogen and oxygen atoms in total. The third-order valence-corrected chi connectivity index (χ3v) is 4.88. The monoisotopic (exact) mass is 381 g/mol. The van der Waals surface area contributed by atoms with Gasteiger partial charge >= 0.3 is 0 Å². The highest BCUT2D eigenvalue weighted by Gasteiger charge is 2.21. The van der Waals surface area contributed by atoms with E-state index in [0.717, 1.165) is 32.0 Å². The van der Waals surface area contributed by atoms with Crippen molar-refractivity contribution in [3.63, 3.8) is 0 Å². The number of nitrogens with zero attached hydrogens (tertiary/aromatic N) is 5. The molecule has 1 aliphatic heterocycles. The summed E-state index contributed by atoms with van der Waals surface area (Å²) in [7, 11) is 0. The molecule has 0 spiro atoms. The molecule has 1 aromatic carbocycles. The van der Waals surface area contributed by atoms with E-state index < -0.39 is 0 Å². The van der Waals surface area contributed by atoms with Gasteiger partial charge in [0.1, 0.15) is 12.0 Å². The van der Waals surface area contributed by atoms with Crippen molar-refractivity contribution in [2.75, 3.05) is 47.0 Å². The molecular weight excluding hydrogens is 362 g/mol. The van der Waals surface area contributed by atoms with Gasteiger partial charge in [0.15, 0.2) is 16.8 Å². The van der Waals surface area contributed by atoms with Gasteiger partial charge in [0.25, 0.3) is 0 Å². The highest BCUT2D eigenvalue weighted by Crippen LogP contribution is 2.31. The van der Waals surface area contributed by atoms with Crippen LogP contribution in [0.25, 0.3) is 0 Å². The average Bonchev–Trinajstić information content (AvgIpc) is 2.72. The van der Waals surface area contributed by atoms with Crippen LogP contribution < -0.4 is 20.9 Å². The minimum Gasteiger partial charge on any atom is -0.393 e. The van der Waals surface area contributed by atoms with E-state index in [1.807, 2.05) is 12.1 Å². The third kappa shape index (κ3) is 3.73. The SMILES string of the molecule is Nc1c(Nc2cccnc2Cl)ncnc1N1CCN(c2ccccc2)CC1. The van der Waals surface area contributed by atoms with Crippen molar-refractivity contribution in [1.29, 1.82) is 0 Å². The van der Waals surface area contributed by atoms with Crippen LogP contribution in [-0.4, -0.2) is 41.1 Å². The quantitative estimate of drug-likeness (QED) is 0.671. The lowest BCUT2D eigenvalue weighted by Gasteiger charge is -2.37. The van der Waals surface area contributed by atoms with E-state index in [-0.39, 0.29) is 0 Å². The summed E-state index contributed by atoms with van der Waals surface area (Å²) >= 11 is 6.12. The van der Waals surface area contributed by atoms with Crippen LogP contribution in [0.3, 0.4) is 0 Å². The van der Waals surface area contributed by atoms with Gasteiger partial charge in [-0.05, 0) is 24.3 Å². The fraction of sp³-hybridized carbons (Fsp3) is 0.211. The predicted molar refractivity (Wildman–Crippen MR) is 110 cm³/mol. The van der Waals surface area contributed by atoms with Gasteiger partial charge in [0.2, 0.25) is 0 Å². The number of halogens is 1. The molecule has 2 aromatic heterocycles. The topological polar surface area (TPSA) is 83.2 Å². The number of piperazine rings is 1. The Labute approximate surface area is 162 Å². The van der Waals surface area contributed by atoms with Crippen molar-refractivity contribution < 1.29 is 0 Å². The maximum Gasteiger partial charge on any atom is 0.159 e. The van der Waals surface area contributed by atoms with Crippen molar-refractivity contribution in [2.24, 2.45) is 0 Å². The first-order valence-electron chi connectivity index (χ1n) is 8.75. The van der Waals surface area contributed by atoms with E-state index in [4.69, 9.17) is 17.3 Å². The predicted octanol–water partition coefficient (Wildman–Crippen LogP) is 3.18. The molecule has 4 rings (SSSR count). The average molecular weight is 382 g/mol. The number of nitrogens with two attached hydrogens (primary N) is 1. The molecule has 27 heavy (non-hydrogen) atoms. The molecule has 1 saturated heterocycles. The maximum absolute atomic E-state index is 6.35. The van der Waals surface area contributed by atoms with Gasteiger partial charge in [-0.3, -0.25) is 0 Å². The lowest BCUT2D eigenvalue weighted by Crippen LogP contribution is -2.47. The number of nitrogens with one attached hydrogen (secondary N) is 1. The number of nitrogen functional groups attached to an aromatic ring is 1. The first-order chi connectivity index (χ1) is 13.2. The normalized spacial score (nSPS) is 14.3. The molecule has 0 saturated carbocycles. The van der Waals surface area contributed by atoms with Gasteiger partial charge in [0, 0.05) is 38.1 Å². The molecule has 0 bridgehead atoms. The van der Waals surface area contributed by atoms with Gasteiger partial charge in [-0.2, -0.15) is 0 Å². The van der Waals surface area contributed by atoms with E-state index in [0.29, 0.717) is 22.3 Å². The minimum absolute atomic E-state index is 0.369. The second-order valence-corrected chi connectivity index (χ2v) is 6.59. The second kappa shape index (κ2) is 7.67. The molecule has 8 heteroatoms. The summed E-state index contributed by atoms with van der Waals surface area (Å²) in [4.78, 5) is 17.3. The largest absolute Gasteiger partial charge is 0.393 e. The first-order valence-corrected chi connectivity index (χ1v) is 9.13. The van der Waals surface area contributed by atoms with Crippen LogP contribution in [0.5, 0.6) is 0 Å². The van der Waals surface area contributed by atoms with Crippen molar-refractivity contribution in [1.82, 2.24) is 15.0 Å². The Morgan fingerprint density at radius 2 is 1.63 bits per heavy atom. The summed E-state index contributed by atoms with van der Waals surface area (Å²) in [5, 5.41) is 3.52. The lowest BCUT2D eigenvalue weighted by atomic mass is 10.2. The van der Waals surface area contributed by atoms with Crippen LogP contribution in [0, 0.1) is 0 Å². The fourth-order valence-electron chi connectivity index (χ4n) is 3.16. The lowest BCUT2D eigenvalue weighted by molar-refractivity contribution is 0.647. The Kier molecular flexibility index (Phi) is 4.93. The molecule has 1 aliphatic rings. The number of hydrogen-bond acceptors (Lipinski definition) is 7. The standard InChI is InChI=1S/C19H20ClN7/c20-17-15(7-4-8-22-17)25-18-16(21)19(24-13-23-18)27-11-9-26(10-12-27)14-5-2-1-3-6-14/h1-8,13H,9-12,21H2,(H,23,24,25). The van der Waals surface area contributed by atoms with Crippen molar-refractivity contribution in [3.05, 3.63) is 60.1 Å². The van der Waals surface area contributed by atoms with E-state index >= 15 is 0 Å². The molecule has 0 radical (unpaired) electrons. The van der Waals surface area contributed by atoms with Gasteiger partial charge < -0.3 is 20.9 Å². The summed E-state index contributed by atoms with van der Waals surface area (Å²) in [6.45, 7) is 3.49. The summed E-state index contributed by atoms with van der Waals surface area (Å²) in [5.41, 5.74) is 8.75. The zero-order valence-electron chi connectivity index (χ0n) is 14.7. The van der Waals surface area contributed by atoms with E-state index in [1.54, 1.807) is 12.3 Å². The third-order valence-electron chi connectivity index (χ3n) is 4.58. The fourth-order valence-corrected chi connectivity index (χ4v) is 3.33. The minimum atomic E-state index is 0.369. The molecule has 0 atom stereocenters. The summed E-state index contributed by atoms with van der Waals surface area (Å²) in [6, 6.07) is 14.1. The van der Waals surface area contributed by atoms with Gasteiger partial charge in [-0.1, -0.05) is 29.8 Å². The Morgan fingerprint density at radius 3 is 2.37 bits per heavy atom. The Hall–Kier alpha value is -3.06. The van der Waals surface area contributed by atoms with Crippen LogP contribution >= 0.6 is 11.6 Å². The molecule has 3 N–H and O–H groups in total. The molecule has 138 valence electrons. The number of rotatable bonds is 4. The van der Waals surface area contributed by atoms with Crippen LogP contribution in [0.15, 0.2) is 55.0 Å². The van der Waals surface area contributed by atoms with E-state index in [1.165, 1.54) is 12.0 Å². The van der Waals surface area contributed by atoms with Gasteiger partial charge in [0.05, 0.1) is 5.69 Å². The number of anilines is 5. The van der Waals surface area contributed by atoms with Crippen LogP contribution in [-0.2, 0) is 0 Å². The van der Waals surface area contributed by atoms with Crippen molar-refractivity contribution >= 4 is 40.3 Å². The molecule has 0 amide bonds. The Morgan fingerprint density at radius 1 is 0.889 bits per heavy atom. The zero-order chi connectivity index (χ0) is 18.6. The number of para-hydroxylation sites is 1. The molecule has 3 heterocycles. The number of aromatic nitrogens is 3. The molecule has 0 aliphatic carbocycles.